The molecule has 31 heavy (non-hydrogen) atoms. The number of thiophene rings is 1. The zero-order chi connectivity index (χ0) is 22.2. The highest BCUT2D eigenvalue weighted by molar-refractivity contribution is 7.19. The number of rotatable bonds is 12. The minimum Gasteiger partial charge on any atom is -0.389 e. The van der Waals surface area contributed by atoms with Gasteiger partial charge in [-0.15, -0.1) is 31.6 Å². The predicted octanol–water partition coefficient (Wildman–Crippen LogP) is 2.24. The zero-order valence-electron chi connectivity index (χ0n) is 16.8. The number of ether oxygens (including phenoxy) is 1. The van der Waals surface area contributed by atoms with E-state index in [0.717, 1.165) is 25.9 Å². The van der Waals surface area contributed by atoms with Crippen LogP contribution in [0, 0.1) is 20.2 Å². The zero-order valence-corrected chi connectivity index (χ0v) is 17.6. The molecule has 0 spiro atoms. The van der Waals surface area contributed by atoms with Gasteiger partial charge in [0.15, 0.2) is 6.10 Å². The first kappa shape index (κ1) is 23.1. The number of hydrogen-bond acceptors (Lipinski definition) is 10. The van der Waals surface area contributed by atoms with Crippen molar-refractivity contribution in [1.82, 2.24) is 4.90 Å². The van der Waals surface area contributed by atoms with Gasteiger partial charge in [0, 0.05) is 16.1 Å². The molecular formula is C19H25N3O8S. The van der Waals surface area contributed by atoms with Gasteiger partial charge in [0.1, 0.15) is 6.61 Å². The van der Waals surface area contributed by atoms with Crippen molar-refractivity contribution < 1.29 is 29.7 Å². The van der Waals surface area contributed by atoms with Gasteiger partial charge >= 0.3 is 0 Å². The second kappa shape index (κ2) is 11.2. The lowest BCUT2D eigenvalue weighted by atomic mass is 9.95. The van der Waals surface area contributed by atoms with E-state index in [9.17, 15) is 25.3 Å². The van der Waals surface area contributed by atoms with Gasteiger partial charge in [-0.1, -0.05) is 18.2 Å². The molecule has 0 saturated carbocycles. The van der Waals surface area contributed by atoms with E-state index in [2.05, 4.69) is 38.8 Å². The highest BCUT2D eigenvalue weighted by Gasteiger charge is 2.24. The SMILES string of the molecule is O=[N+]([O-])OCC(COC[C@@H](O)CN1CCC(c2cc3ccccc3s2)CC1)O[N+](=O)[O-]. The second-order valence-electron chi connectivity index (χ2n) is 7.42. The molecule has 2 heterocycles. The molecule has 1 unspecified atom stereocenters. The number of fused-ring (bicyclic) bond motifs is 1. The van der Waals surface area contributed by atoms with Gasteiger partial charge in [-0.3, -0.25) is 0 Å². The first-order valence-corrected chi connectivity index (χ1v) is 10.8. The van der Waals surface area contributed by atoms with Crippen LogP contribution in [0.4, 0.5) is 0 Å². The van der Waals surface area contributed by atoms with Crippen LogP contribution < -0.4 is 0 Å². The lowest BCUT2D eigenvalue weighted by molar-refractivity contribution is -0.790. The minimum absolute atomic E-state index is 0.0632. The first-order valence-electron chi connectivity index (χ1n) is 9.96. The maximum absolute atomic E-state index is 10.4. The van der Waals surface area contributed by atoms with E-state index in [1.165, 1.54) is 15.0 Å². The molecule has 1 N–H and O–H groups in total. The largest absolute Gasteiger partial charge is 0.389 e. The van der Waals surface area contributed by atoms with Crippen LogP contribution in [0.1, 0.15) is 23.6 Å². The van der Waals surface area contributed by atoms with Gasteiger partial charge in [-0.25, -0.2) is 0 Å². The van der Waals surface area contributed by atoms with Crippen LogP contribution in [-0.2, 0) is 14.4 Å². The Bertz CT molecular complexity index is 838. The van der Waals surface area contributed by atoms with Crippen LogP contribution in [0.25, 0.3) is 10.1 Å². The number of benzene rings is 1. The monoisotopic (exact) mass is 455 g/mol. The summed E-state index contributed by atoms with van der Waals surface area (Å²) in [5.41, 5.74) is 0. The summed E-state index contributed by atoms with van der Waals surface area (Å²) < 4.78 is 6.55. The van der Waals surface area contributed by atoms with Gasteiger partial charge < -0.3 is 24.4 Å². The van der Waals surface area contributed by atoms with Crippen molar-refractivity contribution in [3.05, 3.63) is 55.4 Å². The summed E-state index contributed by atoms with van der Waals surface area (Å²) in [6.45, 7) is 1.15. The molecule has 1 fully saturated rings. The molecule has 3 rings (SSSR count). The lowest BCUT2D eigenvalue weighted by Crippen LogP contribution is -2.40. The average molecular weight is 455 g/mol. The van der Waals surface area contributed by atoms with Crippen molar-refractivity contribution >= 4 is 21.4 Å². The van der Waals surface area contributed by atoms with Crippen molar-refractivity contribution in [2.75, 3.05) is 39.5 Å². The molecule has 12 heteroatoms. The maximum atomic E-state index is 10.4. The summed E-state index contributed by atoms with van der Waals surface area (Å²) >= 11 is 1.84. The molecule has 1 saturated heterocycles. The molecule has 0 aliphatic carbocycles. The molecule has 0 amide bonds. The quantitative estimate of drug-likeness (QED) is 0.377. The summed E-state index contributed by atoms with van der Waals surface area (Å²) in [7, 11) is 0. The van der Waals surface area contributed by atoms with Gasteiger partial charge in [0.2, 0.25) is 0 Å². The summed E-state index contributed by atoms with van der Waals surface area (Å²) in [4.78, 5) is 32.6. The molecule has 2 atom stereocenters. The Hall–Kier alpha value is -2.54. The van der Waals surface area contributed by atoms with E-state index in [1.807, 2.05) is 17.4 Å². The van der Waals surface area contributed by atoms with E-state index < -0.39 is 29.0 Å². The van der Waals surface area contributed by atoms with E-state index in [1.54, 1.807) is 0 Å². The molecule has 0 radical (unpaired) electrons. The predicted molar refractivity (Wildman–Crippen MR) is 112 cm³/mol. The Morgan fingerprint density at radius 3 is 2.55 bits per heavy atom. The number of piperidine rings is 1. The summed E-state index contributed by atoms with van der Waals surface area (Å²) in [5, 5.41) is 30.0. The molecule has 1 aromatic heterocycles. The van der Waals surface area contributed by atoms with Crippen LogP contribution >= 0.6 is 11.3 Å². The molecule has 1 aliphatic rings. The number of nitrogens with zero attached hydrogens (tertiary/aromatic N) is 3. The normalized spacial score (nSPS) is 17.3. The Labute approximate surface area is 182 Å². The number of likely N-dealkylation sites (tertiary alicyclic amines) is 1. The van der Waals surface area contributed by atoms with Gasteiger partial charge in [-0.2, -0.15) is 0 Å². The fourth-order valence-corrected chi connectivity index (χ4v) is 4.90. The summed E-state index contributed by atoms with van der Waals surface area (Å²) in [6, 6.07) is 10.6. The molecule has 2 aromatic rings. The van der Waals surface area contributed by atoms with Crippen LogP contribution in [0.15, 0.2) is 30.3 Å². The van der Waals surface area contributed by atoms with Gasteiger partial charge in [0.25, 0.3) is 10.2 Å². The van der Waals surface area contributed by atoms with Crippen molar-refractivity contribution in [1.29, 1.82) is 0 Å². The third kappa shape index (κ3) is 7.28. The van der Waals surface area contributed by atoms with Gasteiger partial charge in [-0.05, 0) is 49.4 Å². The van der Waals surface area contributed by atoms with Crippen LogP contribution in [-0.4, -0.2) is 71.8 Å². The molecule has 0 bridgehead atoms. The molecular weight excluding hydrogens is 430 g/mol. The number of hydrogen-bond donors (Lipinski definition) is 1. The highest BCUT2D eigenvalue weighted by atomic mass is 32.1. The molecule has 170 valence electrons. The minimum atomic E-state index is -1.25. The van der Waals surface area contributed by atoms with Crippen LogP contribution in [0.5, 0.6) is 0 Å². The van der Waals surface area contributed by atoms with Crippen molar-refractivity contribution in [2.24, 2.45) is 0 Å². The van der Waals surface area contributed by atoms with E-state index in [0.29, 0.717) is 12.5 Å². The number of aliphatic hydroxyl groups is 1. The fraction of sp³-hybridized carbons (Fsp3) is 0.579. The lowest BCUT2D eigenvalue weighted by Gasteiger charge is -2.32. The Morgan fingerprint density at radius 2 is 1.87 bits per heavy atom. The van der Waals surface area contributed by atoms with E-state index in [-0.39, 0.29) is 13.2 Å². The van der Waals surface area contributed by atoms with Crippen molar-refractivity contribution in [3.8, 4) is 0 Å². The van der Waals surface area contributed by atoms with Gasteiger partial charge in [0.05, 0.1) is 19.3 Å². The number of aliphatic hydroxyl groups excluding tert-OH is 1. The Balaban J connectivity index is 1.37. The molecule has 1 aromatic carbocycles. The first-order chi connectivity index (χ1) is 14.9. The standard InChI is InChI=1S/C19H25N3O8S/c23-16(11-28-12-17(30-22(26)27)13-29-21(24)25)10-20-7-5-14(6-8-20)19-9-15-3-1-2-4-18(15)31-19/h1-4,9,14,16-17,23H,5-8,10-13H2/t16-,17?/m0/s1. The Morgan fingerprint density at radius 1 is 1.13 bits per heavy atom. The van der Waals surface area contributed by atoms with Crippen molar-refractivity contribution in [2.45, 2.75) is 31.0 Å². The fourth-order valence-electron chi connectivity index (χ4n) is 3.66. The third-order valence-electron chi connectivity index (χ3n) is 5.12. The molecule has 11 nitrogen and oxygen atoms in total. The third-order valence-corrected chi connectivity index (χ3v) is 6.40. The smallest absolute Gasteiger partial charge is 0.294 e. The topological polar surface area (TPSA) is 137 Å². The highest BCUT2D eigenvalue weighted by Crippen LogP contribution is 2.36. The maximum Gasteiger partial charge on any atom is 0.294 e. The second-order valence-corrected chi connectivity index (χ2v) is 8.54. The average Bonchev–Trinajstić information content (AvgIpc) is 3.16. The summed E-state index contributed by atoms with van der Waals surface area (Å²) in [5.74, 6) is 0.517. The molecule has 1 aliphatic heterocycles. The van der Waals surface area contributed by atoms with Crippen LogP contribution in [0.2, 0.25) is 0 Å². The number of β-amino-alcohol motifs (C(OH)–C–C–N with tert-alkyl or cyclic N) is 1. The van der Waals surface area contributed by atoms with Crippen LogP contribution in [0.3, 0.4) is 0 Å². The summed E-state index contributed by atoms with van der Waals surface area (Å²) in [6.07, 6.45) is -0.00685. The van der Waals surface area contributed by atoms with Crippen molar-refractivity contribution in [3.63, 3.8) is 0 Å². The Kier molecular flexibility index (Phi) is 8.35. The van der Waals surface area contributed by atoms with E-state index in [4.69, 9.17) is 4.74 Å². The van der Waals surface area contributed by atoms with E-state index >= 15 is 0 Å².